The third kappa shape index (κ3) is 4.00. The van der Waals surface area contributed by atoms with Crippen molar-refractivity contribution < 1.29 is 9.53 Å². The lowest BCUT2D eigenvalue weighted by molar-refractivity contribution is 0.0995. The second-order valence-electron chi connectivity index (χ2n) is 3.30. The number of anilines is 1. The third-order valence-electron chi connectivity index (χ3n) is 1.90. The zero-order valence-corrected chi connectivity index (χ0v) is 10.5. The van der Waals surface area contributed by atoms with Gasteiger partial charge >= 0.3 is 0 Å². The summed E-state index contributed by atoms with van der Waals surface area (Å²) < 4.78 is 6.35. The van der Waals surface area contributed by atoms with Crippen molar-refractivity contribution in [2.75, 3.05) is 25.6 Å². The summed E-state index contributed by atoms with van der Waals surface area (Å²) in [7, 11) is 3.30. The summed E-state index contributed by atoms with van der Waals surface area (Å²) in [6.45, 7) is 1.12. The van der Waals surface area contributed by atoms with Crippen molar-refractivity contribution in [2.24, 2.45) is 12.8 Å². The molecule has 0 aliphatic rings. The van der Waals surface area contributed by atoms with Crippen LogP contribution in [-0.2, 0) is 11.8 Å². The summed E-state index contributed by atoms with van der Waals surface area (Å²) in [5, 5.41) is 10.1. The minimum Gasteiger partial charge on any atom is -0.383 e. The summed E-state index contributed by atoms with van der Waals surface area (Å²) in [5.41, 5.74) is 5.82. The van der Waals surface area contributed by atoms with Gasteiger partial charge in [-0.15, -0.1) is 0 Å². The van der Waals surface area contributed by atoms with Crippen molar-refractivity contribution >= 4 is 28.9 Å². The smallest absolute Gasteiger partial charge is 0.271 e. The number of thiocarbonyl (C=S) groups is 1. The number of aryl methyl sites for hydroxylation is 1. The zero-order valence-electron chi connectivity index (χ0n) is 9.69. The molecule has 0 saturated heterocycles. The van der Waals surface area contributed by atoms with E-state index in [9.17, 15) is 4.79 Å². The van der Waals surface area contributed by atoms with Crippen LogP contribution < -0.4 is 16.4 Å². The highest BCUT2D eigenvalue weighted by Gasteiger charge is 2.13. The van der Waals surface area contributed by atoms with Crippen LogP contribution in [0.25, 0.3) is 0 Å². The molecule has 0 fully saturated rings. The Bertz CT molecular complexity index is 418. The molecular weight excluding hydrogens is 242 g/mol. The molecule has 0 radical (unpaired) electrons. The molecule has 1 heterocycles. The monoisotopic (exact) mass is 257 g/mol. The van der Waals surface area contributed by atoms with E-state index in [1.54, 1.807) is 20.4 Å². The number of carbonyl (C=O) groups excluding carboxylic acids is 1. The Morgan fingerprint density at radius 3 is 3.00 bits per heavy atom. The highest BCUT2D eigenvalue weighted by Crippen LogP contribution is 2.11. The first-order chi connectivity index (χ1) is 8.04. The summed E-state index contributed by atoms with van der Waals surface area (Å²) in [5.74, 6) is -0.604. The fourth-order valence-corrected chi connectivity index (χ4v) is 1.41. The Labute approximate surface area is 104 Å². The number of carbonyl (C=O) groups is 1. The number of aromatic nitrogens is 2. The predicted octanol–water partition coefficient (Wildman–Crippen LogP) is -0.548. The quantitative estimate of drug-likeness (QED) is 0.484. The first-order valence-electron chi connectivity index (χ1n) is 4.92. The number of amides is 1. The Morgan fingerprint density at radius 1 is 1.71 bits per heavy atom. The molecule has 0 aliphatic carbocycles. The zero-order chi connectivity index (χ0) is 12.8. The lowest BCUT2D eigenvalue weighted by atomic mass is 10.3. The summed E-state index contributed by atoms with van der Waals surface area (Å²) in [6.07, 6.45) is 1.63. The van der Waals surface area contributed by atoms with Crippen molar-refractivity contribution in [1.82, 2.24) is 15.1 Å². The van der Waals surface area contributed by atoms with Crippen LogP contribution in [0.5, 0.6) is 0 Å². The van der Waals surface area contributed by atoms with Crippen LogP contribution in [0, 0.1) is 0 Å². The first-order valence-corrected chi connectivity index (χ1v) is 5.32. The standard InChI is InChI=1S/C9H15N5O2S/c1-14-5-6(7(13-14)8(10)15)12-9(17)11-3-4-16-2/h5H,3-4H2,1-2H3,(H2,10,15)(H2,11,12,17). The molecule has 94 valence electrons. The van der Waals surface area contributed by atoms with Crippen LogP contribution in [0.4, 0.5) is 5.69 Å². The van der Waals surface area contributed by atoms with E-state index >= 15 is 0 Å². The molecular formula is C9H15N5O2S. The molecule has 7 nitrogen and oxygen atoms in total. The van der Waals surface area contributed by atoms with Crippen LogP contribution in [0.3, 0.4) is 0 Å². The Hall–Kier alpha value is -1.67. The van der Waals surface area contributed by atoms with Gasteiger partial charge in [0.15, 0.2) is 10.8 Å². The van der Waals surface area contributed by atoms with E-state index in [0.717, 1.165) is 0 Å². The van der Waals surface area contributed by atoms with Crippen LogP contribution in [0.15, 0.2) is 6.20 Å². The second kappa shape index (κ2) is 6.16. The number of ether oxygens (including phenoxy) is 1. The Balaban J connectivity index is 2.61. The number of nitrogens with one attached hydrogen (secondary N) is 2. The maximum atomic E-state index is 11.1. The van der Waals surface area contributed by atoms with E-state index in [1.165, 1.54) is 4.68 Å². The SMILES string of the molecule is COCCNC(=S)Nc1cn(C)nc1C(N)=O. The maximum Gasteiger partial charge on any atom is 0.271 e. The van der Waals surface area contributed by atoms with Gasteiger partial charge < -0.3 is 21.1 Å². The lowest BCUT2D eigenvalue weighted by Crippen LogP contribution is -2.31. The molecule has 0 bridgehead atoms. The van der Waals surface area contributed by atoms with Gasteiger partial charge in [-0.1, -0.05) is 0 Å². The molecule has 0 spiro atoms. The number of hydrogen-bond donors (Lipinski definition) is 3. The topological polar surface area (TPSA) is 94.2 Å². The van der Waals surface area contributed by atoms with Crippen molar-refractivity contribution in [3.8, 4) is 0 Å². The molecule has 0 saturated carbocycles. The van der Waals surface area contributed by atoms with E-state index in [2.05, 4.69) is 15.7 Å². The Morgan fingerprint density at radius 2 is 2.41 bits per heavy atom. The summed E-state index contributed by atoms with van der Waals surface area (Å²) in [6, 6.07) is 0. The molecule has 0 aromatic carbocycles. The van der Waals surface area contributed by atoms with E-state index in [1.807, 2.05) is 0 Å². The lowest BCUT2D eigenvalue weighted by Gasteiger charge is -2.08. The van der Waals surface area contributed by atoms with Crippen LogP contribution >= 0.6 is 12.2 Å². The van der Waals surface area contributed by atoms with Gasteiger partial charge in [-0.05, 0) is 12.2 Å². The van der Waals surface area contributed by atoms with Gasteiger partial charge in [0, 0.05) is 26.9 Å². The van der Waals surface area contributed by atoms with E-state index in [4.69, 9.17) is 22.7 Å². The van der Waals surface area contributed by atoms with Gasteiger partial charge in [-0.2, -0.15) is 5.10 Å². The average molecular weight is 257 g/mol. The highest BCUT2D eigenvalue weighted by atomic mass is 32.1. The van der Waals surface area contributed by atoms with E-state index in [-0.39, 0.29) is 5.69 Å². The number of rotatable bonds is 5. The van der Waals surface area contributed by atoms with Gasteiger partial charge in [-0.25, -0.2) is 0 Å². The number of methoxy groups -OCH3 is 1. The molecule has 0 aliphatic heterocycles. The molecule has 1 aromatic rings. The number of hydrogen-bond acceptors (Lipinski definition) is 4. The minimum absolute atomic E-state index is 0.156. The maximum absolute atomic E-state index is 11.1. The minimum atomic E-state index is -0.604. The van der Waals surface area contributed by atoms with Crippen LogP contribution in [0.2, 0.25) is 0 Å². The third-order valence-corrected chi connectivity index (χ3v) is 2.15. The molecule has 1 amide bonds. The van der Waals surface area contributed by atoms with Crippen molar-refractivity contribution in [3.63, 3.8) is 0 Å². The van der Waals surface area contributed by atoms with E-state index in [0.29, 0.717) is 24.0 Å². The largest absolute Gasteiger partial charge is 0.383 e. The van der Waals surface area contributed by atoms with Crippen molar-refractivity contribution in [1.29, 1.82) is 0 Å². The van der Waals surface area contributed by atoms with Gasteiger partial charge in [0.25, 0.3) is 5.91 Å². The molecule has 1 aromatic heterocycles. The first kappa shape index (κ1) is 13.4. The molecule has 1 rings (SSSR count). The average Bonchev–Trinajstić information content (AvgIpc) is 2.60. The van der Waals surface area contributed by atoms with Gasteiger partial charge in [0.05, 0.1) is 12.3 Å². The van der Waals surface area contributed by atoms with Crippen LogP contribution in [-0.4, -0.2) is 41.1 Å². The fraction of sp³-hybridized carbons (Fsp3) is 0.444. The molecule has 17 heavy (non-hydrogen) atoms. The van der Waals surface area contributed by atoms with Gasteiger partial charge in [-0.3, -0.25) is 9.48 Å². The van der Waals surface area contributed by atoms with Crippen LogP contribution in [0.1, 0.15) is 10.5 Å². The van der Waals surface area contributed by atoms with Crippen molar-refractivity contribution in [3.05, 3.63) is 11.9 Å². The number of primary amides is 1. The number of nitrogens with zero attached hydrogens (tertiary/aromatic N) is 2. The van der Waals surface area contributed by atoms with Crippen molar-refractivity contribution in [2.45, 2.75) is 0 Å². The fourth-order valence-electron chi connectivity index (χ4n) is 1.20. The molecule has 8 heteroatoms. The van der Waals surface area contributed by atoms with Gasteiger partial charge in [0.2, 0.25) is 0 Å². The second-order valence-corrected chi connectivity index (χ2v) is 3.71. The molecule has 4 N–H and O–H groups in total. The normalized spacial score (nSPS) is 10.0. The summed E-state index contributed by atoms with van der Waals surface area (Å²) >= 11 is 5.04. The van der Waals surface area contributed by atoms with Gasteiger partial charge in [0.1, 0.15) is 0 Å². The molecule has 0 unspecified atom stereocenters. The highest BCUT2D eigenvalue weighted by molar-refractivity contribution is 7.80. The van der Waals surface area contributed by atoms with E-state index < -0.39 is 5.91 Å². The Kier molecular flexibility index (Phi) is 4.85. The number of nitrogens with two attached hydrogens (primary N) is 1. The predicted molar refractivity (Wildman–Crippen MR) is 67.8 cm³/mol. The molecule has 0 atom stereocenters. The summed E-state index contributed by atoms with van der Waals surface area (Å²) in [4.78, 5) is 11.1.